The zero-order valence-electron chi connectivity index (χ0n) is 18.5. The molecule has 0 bridgehead atoms. The van der Waals surface area contributed by atoms with Gasteiger partial charge in [0.2, 0.25) is 0 Å². The summed E-state index contributed by atoms with van der Waals surface area (Å²) in [6.45, 7) is 0. The molecule has 0 aliphatic rings. The van der Waals surface area contributed by atoms with Crippen LogP contribution in [0.25, 0.3) is 22.4 Å². The quantitative estimate of drug-likeness (QED) is 0.361. The largest absolute Gasteiger partial charge is 0.327 e. The van der Waals surface area contributed by atoms with E-state index in [4.69, 9.17) is 4.98 Å². The van der Waals surface area contributed by atoms with Gasteiger partial charge in [0.15, 0.2) is 0 Å². The standard InChI is InChI=1S/C28H22N4O2/c1-32-25-17-16-23(30-28(34)21-10-6-3-7-11-21)18-24(25)31-26(32)19-12-14-22(15-13-19)29-27(33)20-8-4-2-5-9-20/h2-18H,1H3,(H,29,33)(H,30,34). The molecule has 1 aromatic heterocycles. The highest BCUT2D eigenvalue weighted by Gasteiger charge is 2.13. The number of amides is 2. The van der Waals surface area contributed by atoms with Crippen LogP contribution in [0.2, 0.25) is 0 Å². The fourth-order valence-corrected chi connectivity index (χ4v) is 3.82. The molecule has 4 aromatic carbocycles. The Hall–Kier alpha value is -4.71. The van der Waals surface area contributed by atoms with Crippen molar-refractivity contribution in [3.63, 3.8) is 0 Å². The molecule has 0 saturated carbocycles. The normalized spacial score (nSPS) is 10.7. The molecule has 0 spiro atoms. The number of anilines is 2. The van der Waals surface area contributed by atoms with Crippen molar-refractivity contribution in [3.05, 3.63) is 114 Å². The topological polar surface area (TPSA) is 76.0 Å². The van der Waals surface area contributed by atoms with Gasteiger partial charge in [-0.05, 0) is 66.7 Å². The van der Waals surface area contributed by atoms with E-state index in [2.05, 4.69) is 10.6 Å². The highest BCUT2D eigenvalue weighted by atomic mass is 16.2. The first-order valence-corrected chi connectivity index (χ1v) is 10.9. The number of nitrogens with zero attached hydrogens (tertiary/aromatic N) is 2. The Morgan fingerprint density at radius 3 is 1.79 bits per heavy atom. The summed E-state index contributed by atoms with van der Waals surface area (Å²) >= 11 is 0. The molecule has 0 aliphatic carbocycles. The number of hydrogen-bond acceptors (Lipinski definition) is 3. The summed E-state index contributed by atoms with van der Waals surface area (Å²) in [5, 5.41) is 5.84. The maximum atomic E-state index is 12.5. The Morgan fingerprint density at radius 1 is 0.676 bits per heavy atom. The van der Waals surface area contributed by atoms with E-state index in [1.807, 2.05) is 90.5 Å². The Morgan fingerprint density at radius 2 is 1.21 bits per heavy atom. The fraction of sp³-hybridized carbons (Fsp3) is 0.0357. The van der Waals surface area contributed by atoms with Gasteiger partial charge >= 0.3 is 0 Å². The van der Waals surface area contributed by atoms with Crippen LogP contribution in [0.15, 0.2) is 103 Å². The van der Waals surface area contributed by atoms with Crippen molar-refractivity contribution in [2.75, 3.05) is 10.6 Å². The van der Waals surface area contributed by atoms with Gasteiger partial charge in [-0.2, -0.15) is 0 Å². The lowest BCUT2D eigenvalue weighted by molar-refractivity contribution is 0.101. The van der Waals surface area contributed by atoms with Gasteiger partial charge in [0.25, 0.3) is 11.8 Å². The Balaban J connectivity index is 1.36. The summed E-state index contributed by atoms with van der Waals surface area (Å²) in [7, 11) is 1.96. The number of hydrogen-bond donors (Lipinski definition) is 2. The molecule has 0 saturated heterocycles. The number of carbonyl (C=O) groups excluding carboxylic acids is 2. The molecule has 5 rings (SSSR count). The minimum atomic E-state index is -0.163. The van der Waals surface area contributed by atoms with Gasteiger partial charge in [0, 0.05) is 35.1 Å². The number of benzene rings is 4. The van der Waals surface area contributed by atoms with Gasteiger partial charge < -0.3 is 15.2 Å². The Bertz CT molecular complexity index is 1470. The summed E-state index contributed by atoms with van der Waals surface area (Å²) in [5.74, 6) is 0.480. The maximum Gasteiger partial charge on any atom is 0.255 e. The third kappa shape index (κ3) is 4.29. The van der Waals surface area contributed by atoms with Crippen molar-refractivity contribution in [1.82, 2.24) is 9.55 Å². The second-order valence-electron chi connectivity index (χ2n) is 7.92. The van der Waals surface area contributed by atoms with E-state index in [0.717, 1.165) is 22.4 Å². The van der Waals surface area contributed by atoms with Crippen LogP contribution in [-0.2, 0) is 7.05 Å². The molecule has 6 heteroatoms. The molecular weight excluding hydrogens is 424 g/mol. The predicted molar refractivity (Wildman–Crippen MR) is 135 cm³/mol. The highest BCUT2D eigenvalue weighted by molar-refractivity contribution is 6.05. The van der Waals surface area contributed by atoms with E-state index in [1.54, 1.807) is 24.3 Å². The Labute approximate surface area is 196 Å². The predicted octanol–water partition coefficient (Wildman–Crippen LogP) is 5.74. The minimum absolute atomic E-state index is 0.152. The number of fused-ring (bicyclic) bond motifs is 1. The number of nitrogens with one attached hydrogen (secondary N) is 2. The lowest BCUT2D eigenvalue weighted by atomic mass is 10.1. The maximum absolute atomic E-state index is 12.5. The van der Waals surface area contributed by atoms with Crippen LogP contribution in [0.5, 0.6) is 0 Å². The first kappa shape index (κ1) is 21.2. The first-order chi connectivity index (χ1) is 16.6. The van der Waals surface area contributed by atoms with E-state index in [9.17, 15) is 9.59 Å². The zero-order chi connectivity index (χ0) is 23.5. The van der Waals surface area contributed by atoms with Crippen molar-refractivity contribution >= 4 is 34.2 Å². The van der Waals surface area contributed by atoms with E-state index < -0.39 is 0 Å². The van der Waals surface area contributed by atoms with Crippen LogP contribution in [0.1, 0.15) is 20.7 Å². The molecule has 5 aromatic rings. The molecule has 34 heavy (non-hydrogen) atoms. The van der Waals surface area contributed by atoms with Crippen molar-refractivity contribution in [3.8, 4) is 11.4 Å². The van der Waals surface area contributed by atoms with Crippen LogP contribution in [-0.4, -0.2) is 21.4 Å². The summed E-state index contributed by atoms with van der Waals surface area (Å²) in [6, 6.07) is 31.5. The number of aryl methyl sites for hydroxylation is 1. The average Bonchev–Trinajstić information content (AvgIpc) is 3.21. The molecule has 0 radical (unpaired) electrons. The Kier molecular flexibility index (Phi) is 5.62. The molecule has 1 heterocycles. The van der Waals surface area contributed by atoms with Crippen LogP contribution in [0.4, 0.5) is 11.4 Å². The second kappa shape index (κ2) is 9.03. The second-order valence-corrected chi connectivity index (χ2v) is 7.92. The van der Waals surface area contributed by atoms with Gasteiger partial charge in [0.05, 0.1) is 11.0 Å². The molecule has 2 amide bonds. The van der Waals surface area contributed by atoms with Crippen LogP contribution < -0.4 is 10.6 Å². The minimum Gasteiger partial charge on any atom is -0.327 e. The van der Waals surface area contributed by atoms with Gasteiger partial charge in [-0.25, -0.2) is 4.98 Å². The third-order valence-corrected chi connectivity index (χ3v) is 5.61. The van der Waals surface area contributed by atoms with Gasteiger partial charge in [-0.15, -0.1) is 0 Å². The van der Waals surface area contributed by atoms with Crippen molar-refractivity contribution < 1.29 is 9.59 Å². The van der Waals surface area contributed by atoms with Crippen molar-refractivity contribution in [2.24, 2.45) is 7.05 Å². The summed E-state index contributed by atoms with van der Waals surface area (Å²) < 4.78 is 2.01. The van der Waals surface area contributed by atoms with Crippen LogP contribution >= 0.6 is 0 Å². The number of rotatable bonds is 5. The van der Waals surface area contributed by atoms with E-state index in [0.29, 0.717) is 22.5 Å². The first-order valence-electron chi connectivity index (χ1n) is 10.9. The molecule has 0 unspecified atom stereocenters. The SMILES string of the molecule is Cn1c(-c2ccc(NC(=O)c3ccccc3)cc2)nc2cc(NC(=O)c3ccccc3)ccc21. The van der Waals surface area contributed by atoms with E-state index >= 15 is 0 Å². The lowest BCUT2D eigenvalue weighted by Crippen LogP contribution is -2.11. The number of carbonyl (C=O) groups is 2. The monoisotopic (exact) mass is 446 g/mol. The highest BCUT2D eigenvalue weighted by Crippen LogP contribution is 2.27. The molecule has 166 valence electrons. The average molecular weight is 447 g/mol. The van der Waals surface area contributed by atoms with Crippen molar-refractivity contribution in [2.45, 2.75) is 0 Å². The zero-order valence-corrected chi connectivity index (χ0v) is 18.5. The molecule has 2 N–H and O–H groups in total. The third-order valence-electron chi connectivity index (χ3n) is 5.61. The number of aromatic nitrogens is 2. The van der Waals surface area contributed by atoms with Gasteiger partial charge in [0.1, 0.15) is 5.82 Å². The van der Waals surface area contributed by atoms with Crippen LogP contribution in [0.3, 0.4) is 0 Å². The van der Waals surface area contributed by atoms with E-state index in [-0.39, 0.29) is 11.8 Å². The molecular formula is C28H22N4O2. The summed E-state index contributed by atoms with van der Waals surface area (Å²) in [5.41, 5.74) is 5.26. The molecule has 0 aliphatic heterocycles. The molecule has 0 atom stereocenters. The smallest absolute Gasteiger partial charge is 0.255 e. The lowest BCUT2D eigenvalue weighted by Gasteiger charge is -2.07. The molecule has 6 nitrogen and oxygen atoms in total. The van der Waals surface area contributed by atoms with Gasteiger partial charge in [-0.1, -0.05) is 36.4 Å². The van der Waals surface area contributed by atoms with Gasteiger partial charge in [-0.3, -0.25) is 9.59 Å². The van der Waals surface area contributed by atoms with Crippen LogP contribution in [0, 0.1) is 0 Å². The van der Waals surface area contributed by atoms with Crippen molar-refractivity contribution in [1.29, 1.82) is 0 Å². The van der Waals surface area contributed by atoms with E-state index in [1.165, 1.54) is 0 Å². The summed E-state index contributed by atoms with van der Waals surface area (Å²) in [4.78, 5) is 29.6. The molecule has 0 fully saturated rings. The fourth-order valence-electron chi connectivity index (χ4n) is 3.82. The number of imidazole rings is 1. The summed E-state index contributed by atoms with van der Waals surface area (Å²) in [6.07, 6.45) is 0.